The number of aldehydes is 1. The highest BCUT2D eigenvalue weighted by Gasteiger charge is 2.09. The Morgan fingerprint density at radius 2 is 2.09 bits per heavy atom. The monoisotopic (exact) mass is 317 g/mol. The van der Waals surface area contributed by atoms with Gasteiger partial charge in [0, 0.05) is 24.7 Å². The van der Waals surface area contributed by atoms with E-state index in [-0.39, 0.29) is 6.54 Å². The molecular formula is C15H17N4O4+. The second-order valence-corrected chi connectivity index (χ2v) is 4.50. The van der Waals surface area contributed by atoms with Crippen molar-refractivity contribution >= 4 is 24.2 Å². The van der Waals surface area contributed by atoms with Gasteiger partial charge in [-0.05, 0) is 24.3 Å². The van der Waals surface area contributed by atoms with Crippen LogP contribution in [0.25, 0.3) is 11.3 Å². The molecule has 8 nitrogen and oxygen atoms in total. The van der Waals surface area contributed by atoms with E-state index in [4.69, 9.17) is 9.62 Å². The van der Waals surface area contributed by atoms with Crippen LogP contribution < -0.4 is 10.8 Å². The van der Waals surface area contributed by atoms with Gasteiger partial charge in [0.1, 0.15) is 24.4 Å². The van der Waals surface area contributed by atoms with E-state index >= 15 is 0 Å². The minimum Gasteiger partial charge on any atom is -0.455 e. The Labute approximate surface area is 132 Å². The predicted octanol–water partition coefficient (Wildman–Crippen LogP) is 0.705. The molecule has 2 amide bonds. The molecule has 1 aromatic carbocycles. The summed E-state index contributed by atoms with van der Waals surface area (Å²) < 4.78 is 5.62. The molecule has 0 aliphatic heterocycles. The SMILES string of the molecule is CNC(=O)N(CC=O)/N=C/c1ccc(-c2ccc([NH2+]O)cc2)o1. The molecule has 1 aromatic heterocycles. The molecule has 0 bridgehead atoms. The van der Waals surface area contributed by atoms with Crippen molar-refractivity contribution in [2.45, 2.75) is 0 Å². The van der Waals surface area contributed by atoms with E-state index in [0.717, 1.165) is 16.1 Å². The summed E-state index contributed by atoms with van der Waals surface area (Å²) in [7, 11) is 1.45. The molecule has 0 spiro atoms. The van der Waals surface area contributed by atoms with Crippen LogP contribution in [-0.4, -0.2) is 42.3 Å². The standard InChI is InChI=1S/C15H16N4O4/c1-16-15(21)19(8-9-20)17-10-13-6-7-14(23-13)11-2-4-12(18-22)5-3-11/h2-7,9-10,18,22H,8H2,1H3,(H,16,21)/p+1/b17-10+. The van der Waals surface area contributed by atoms with Gasteiger partial charge in [-0.2, -0.15) is 10.6 Å². The molecule has 0 saturated heterocycles. The molecular weight excluding hydrogens is 300 g/mol. The summed E-state index contributed by atoms with van der Waals surface area (Å²) in [6.07, 6.45) is 1.94. The number of hydrogen-bond acceptors (Lipinski definition) is 5. The summed E-state index contributed by atoms with van der Waals surface area (Å²) in [6, 6.07) is 10.1. The molecule has 0 aliphatic rings. The maximum atomic E-state index is 11.5. The van der Waals surface area contributed by atoms with Crippen LogP contribution in [0.5, 0.6) is 0 Å². The fourth-order valence-electron chi connectivity index (χ4n) is 1.82. The van der Waals surface area contributed by atoms with E-state index in [0.29, 0.717) is 23.5 Å². The fourth-order valence-corrected chi connectivity index (χ4v) is 1.82. The van der Waals surface area contributed by atoms with Crippen molar-refractivity contribution in [3.8, 4) is 11.3 Å². The van der Waals surface area contributed by atoms with Crippen molar-refractivity contribution < 1.29 is 24.7 Å². The Balaban J connectivity index is 2.12. The van der Waals surface area contributed by atoms with E-state index in [9.17, 15) is 9.59 Å². The first-order valence-electron chi connectivity index (χ1n) is 6.82. The van der Waals surface area contributed by atoms with Gasteiger partial charge in [-0.1, -0.05) is 0 Å². The minimum atomic E-state index is -0.490. The highest BCUT2D eigenvalue weighted by atomic mass is 16.5. The Hall–Kier alpha value is -2.97. The van der Waals surface area contributed by atoms with Crippen molar-refractivity contribution in [1.82, 2.24) is 10.3 Å². The number of benzene rings is 1. The van der Waals surface area contributed by atoms with Crippen molar-refractivity contribution in [1.29, 1.82) is 0 Å². The van der Waals surface area contributed by atoms with E-state index < -0.39 is 6.03 Å². The van der Waals surface area contributed by atoms with Crippen LogP contribution in [0.3, 0.4) is 0 Å². The van der Waals surface area contributed by atoms with Crippen LogP contribution in [0, 0.1) is 0 Å². The molecule has 4 N–H and O–H groups in total. The van der Waals surface area contributed by atoms with Crippen LogP contribution in [-0.2, 0) is 4.79 Å². The lowest BCUT2D eigenvalue weighted by Crippen LogP contribution is -2.73. The second-order valence-electron chi connectivity index (χ2n) is 4.50. The summed E-state index contributed by atoms with van der Waals surface area (Å²) >= 11 is 0. The van der Waals surface area contributed by atoms with Crippen LogP contribution in [0.4, 0.5) is 10.5 Å². The Morgan fingerprint density at radius 3 is 2.70 bits per heavy atom. The van der Waals surface area contributed by atoms with Crippen LogP contribution in [0.2, 0.25) is 0 Å². The molecule has 0 aliphatic carbocycles. The molecule has 8 heteroatoms. The average molecular weight is 317 g/mol. The van der Waals surface area contributed by atoms with Gasteiger partial charge < -0.3 is 14.5 Å². The zero-order valence-electron chi connectivity index (χ0n) is 12.5. The average Bonchev–Trinajstić information content (AvgIpc) is 3.07. The first-order chi connectivity index (χ1) is 11.2. The van der Waals surface area contributed by atoms with Crippen molar-refractivity contribution in [2.75, 3.05) is 13.6 Å². The molecule has 0 unspecified atom stereocenters. The molecule has 0 radical (unpaired) electrons. The number of amides is 2. The third-order valence-corrected chi connectivity index (χ3v) is 2.99. The Kier molecular flexibility index (Phi) is 5.61. The molecule has 1 heterocycles. The largest absolute Gasteiger partial charge is 0.455 e. The first-order valence-corrected chi connectivity index (χ1v) is 6.82. The number of hydrazone groups is 1. The summed E-state index contributed by atoms with van der Waals surface area (Å²) in [5.41, 5.74) is 2.55. The van der Waals surface area contributed by atoms with Gasteiger partial charge in [-0.15, -0.1) is 0 Å². The highest BCUT2D eigenvalue weighted by molar-refractivity contribution is 5.81. The lowest BCUT2D eigenvalue weighted by Gasteiger charge is -2.12. The normalized spacial score (nSPS) is 10.7. The number of nitrogens with one attached hydrogen (secondary N) is 1. The maximum Gasteiger partial charge on any atom is 0.337 e. The van der Waals surface area contributed by atoms with Gasteiger partial charge in [0.25, 0.3) is 0 Å². The molecule has 0 saturated carbocycles. The fraction of sp³-hybridized carbons (Fsp3) is 0.133. The van der Waals surface area contributed by atoms with E-state index in [1.165, 1.54) is 13.3 Å². The molecule has 0 atom stereocenters. The lowest BCUT2D eigenvalue weighted by molar-refractivity contribution is -0.825. The number of quaternary nitrogens is 1. The quantitative estimate of drug-likeness (QED) is 0.315. The number of furan rings is 1. The minimum absolute atomic E-state index is 0.150. The Morgan fingerprint density at radius 1 is 1.35 bits per heavy atom. The summed E-state index contributed by atoms with van der Waals surface area (Å²) in [4.78, 5) is 22.0. The highest BCUT2D eigenvalue weighted by Crippen LogP contribution is 2.22. The summed E-state index contributed by atoms with van der Waals surface area (Å²) in [5, 5.41) is 16.2. The van der Waals surface area contributed by atoms with Gasteiger partial charge in [-0.25, -0.2) is 15.0 Å². The molecule has 120 valence electrons. The van der Waals surface area contributed by atoms with Crippen LogP contribution in [0.15, 0.2) is 45.9 Å². The number of nitrogens with zero attached hydrogens (tertiary/aromatic N) is 2. The van der Waals surface area contributed by atoms with Gasteiger partial charge in [0.15, 0.2) is 5.69 Å². The van der Waals surface area contributed by atoms with E-state index in [1.807, 2.05) is 12.1 Å². The number of nitrogens with two attached hydrogens (primary N) is 1. The third kappa shape index (κ3) is 4.25. The summed E-state index contributed by atoms with van der Waals surface area (Å²) in [6.45, 7) is -0.150. The van der Waals surface area contributed by atoms with Gasteiger partial charge >= 0.3 is 6.03 Å². The van der Waals surface area contributed by atoms with Crippen LogP contribution >= 0.6 is 0 Å². The lowest BCUT2D eigenvalue weighted by atomic mass is 10.1. The number of urea groups is 1. The van der Waals surface area contributed by atoms with Gasteiger partial charge in [0.2, 0.25) is 0 Å². The number of carbonyl (C=O) groups is 2. The van der Waals surface area contributed by atoms with Crippen molar-refractivity contribution in [3.05, 3.63) is 42.2 Å². The zero-order valence-corrected chi connectivity index (χ0v) is 12.5. The molecule has 23 heavy (non-hydrogen) atoms. The van der Waals surface area contributed by atoms with Crippen molar-refractivity contribution in [3.63, 3.8) is 0 Å². The number of rotatable bonds is 6. The third-order valence-electron chi connectivity index (χ3n) is 2.99. The Bertz CT molecular complexity index is 694. The molecule has 2 rings (SSSR count). The number of carbonyl (C=O) groups excluding carboxylic acids is 2. The van der Waals surface area contributed by atoms with Crippen LogP contribution in [0.1, 0.15) is 5.76 Å². The summed E-state index contributed by atoms with van der Waals surface area (Å²) in [5.74, 6) is 1.07. The molecule has 0 fully saturated rings. The van der Waals surface area contributed by atoms with E-state index in [2.05, 4.69) is 10.4 Å². The maximum absolute atomic E-state index is 11.5. The van der Waals surface area contributed by atoms with Crippen molar-refractivity contribution in [2.24, 2.45) is 5.10 Å². The smallest absolute Gasteiger partial charge is 0.337 e. The molecule has 2 aromatic rings. The first kappa shape index (κ1) is 16.4. The van der Waals surface area contributed by atoms with Gasteiger partial charge in [-0.3, -0.25) is 0 Å². The predicted molar refractivity (Wildman–Crippen MR) is 82.3 cm³/mol. The second kappa shape index (κ2) is 7.87. The topological polar surface area (TPSA) is 112 Å². The number of hydrogen-bond donors (Lipinski definition) is 3. The van der Waals surface area contributed by atoms with E-state index in [1.54, 1.807) is 24.3 Å². The zero-order chi connectivity index (χ0) is 16.7. The van der Waals surface area contributed by atoms with Gasteiger partial charge in [0.05, 0.1) is 6.21 Å².